The zero-order chi connectivity index (χ0) is 13.9. The van der Waals surface area contributed by atoms with Gasteiger partial charge in [0, 0.05) is 18.1 Å². The van der Waals surface area contributed by atoms with Crippen molar-refractivity contribution in [3.63, 3.8) is 0 Å². The first-order chi connectivity index (χ1) is 9.72. The third-order valence-electron chi connectivity index (χ3n) is 3.70. The number of rotatable bonds is 3. The summed E-state index contributed by atoms with van der Waals surface area (Å²) in [5, 5.41) is 0. The minimum Gasteiger partial charge on any atom is -0.272 e. The van der Waals surface area contributed by atoms with Crippen LogP contribution in [0.1, 0.15) is 18.9 Å². The Kier molecular flexibility index (Phi) is 3.46. The van der Waals surface area contributed by atoms with E-state index in [0.29, 0.717) is 0 Å². The summed E-state index contributed by atoms with van der Waals surface area (Å²) in [4.78, 5) is 15.5. The minimum atomic E-state index is 0.0286. The van der Waals surface area contributed by atoms with E-state index in [2.05, 4.69) is 41.4 Å². The highest BCUT2D eigenvalue weighted by Gasteiger charge is 2.22. The SMILES string of the molecule is C[C@@H]1CC(Cc2ccc(-c3ccccc3)cc2)=NC1=O. The van der Waals surface area contributed by atoms with Crippen LogP contribution >= 0.6 is 0 Å². The molecule has 2 nitrogen and oxygen atoms in total. The number of aliphatic imine (C=N–C) groups is 1. The average Bonchev–Trinajstić information content (AvgIpc) is 2.79. The first-order valence-electron chi connectivity index (χ1n) is 6.97. The molecule has 2 aromatic carbocycles. The summed E-state index contributed by atoms with van der Waals surface area (Å²) in [6.45, 7) is 1.94. The van der Waals surface area contributed by atoms with Crippen LogP contribution in [0.4, 0.5) is 0 Å². The van der Waals surface area contributed by atoms with E-state index < -0.39 is 0 Å². The third kappa shape index (κ3) is 2.69. The van der Waals surface area contributed by atoms with Gasteiger partial charge in [-0.2, -0.15) is 0 Å². The van der Waals surface area contributed by atoms with Gasteiger partial charge in [0.15, 0.2) is 0 Å². The molecule has 0 saturated carbocycles. The van der Waals surface area contributed by atoms with E-state index in [1.807, 2.05) is 25.1 Å². The Morgan fingerprint density at radius 1 is 1.00 bits per heavy atom. The van der Waals surface area contributed by atoms with Crippen LogP contribution in [0.5, 0.6) is 0 Å². The first-order valence-corrected chi connectivity index (χ1v) is 6.97. The lowest BCUT2D eigenvalue weighted by molar-refractivity contribution is -0.120. The van der Waals surface area contributed by atoms with Crippen molar-refractivity contribution >= 4 is 11.6 Å². The van der Waals surface area contributed by atoms with Crippen LogP contribution in [0.3, 0.4) is 0 Å². The normalized spacial score (nSPS) is 18.1. The van der Waals surface area contributed by atoms with Gasteiger partial charge in [0.25, 0.3) is 0 Å². The van der Waals surface area contributed by atoms with Crippen molar-refractivity contribution in [2.75, 3.05) is 0 Å². The predicted molar refractivity (Wildman–Crippen MR) is 81.8 cm³/mol. The number of carbonyl (C=O) groups excluding carboxylic acids is 1. The van der Waals surface area contributed by atoms with Gasteiger partial charge >= 0.3 is 0 Å². The molecule has 1 aliphatic rings. The second-order valence-corrected chi connectivity index (χ2v) is 5.36. The number of benzene rings is 2. The fourth-order valence-electron chi connectivity index (χ4n) is 2.55. The summed E-state index contributed by atoms with van der Waals surface area (Å²) >= 11 is 0. The molecule has 1 amide bonds. The maximum atomic E-state index is 11.4. The summed E-state index contributed by atoms with van der Waals surface area (Å²) < 4.78 is 0. The molecule has 1 atom stereocenters. The predicted octanol–water partition coefficient (Wildman–Crippen LogP) is 3.90. The van der Waals surface area contributed by atoms with Gasteiger partial charge in [0.2, 0.25) is 5.91 Å². The molecule has 0 saturated heterocycles. The summed E-state index contributed by atoms with van der Waals surface area (Å²) in [5.74, 6) is 0.0921. The summed E-state index contributed by atoms with van der Waals surface area (Å²) in [7, 11) is 0. The second-order valence-electron chi connectivity index (χ2n) is 5.36. The molecule has 0 bridgehead atoms. The molecule has 0 aromatic heterocycles. The van der Waals surface area contributed by atoms with Crippen LogP contribution in [0.2, 0.25) is 0 Å². The van der Waals surface area contributed by atoms with E-state index in [1.54, 1.807) is 0 Å². The highest BCUT2D eigenvalue weighted by atomic mass is 16.1. The van der Waals surface area contributed by atoms with Gasteiger partial charge in [-0.05, 0) is 23.1 Å². The topological polar surface area (TPSA) is 29.4 Å². The Morgan fingerprint density at radius 2 is 1.65 bits per heavy atom. The van der Waals surface area contributed by atoms with Crippen LogP contribution in [0.25, 0.3) is 11.1 Å². The highest BCUT2D eigenvalue weighted by molar-refractivity contribution is 6.04. The summed E-state index contributed by atoms with van der Waals surface area (Å²) in [6, 6.07) is 18.8. The van der Waals surface area contributed by atoms with Gasteiger partial charge in [-0.1, -0.05) is 61.5 Å². The number of hydrogen-bond donors (Lipinski definition) is 0. The van der Waals surface area contributed by atoms with E-state index in [1.165, 1.54) is 16.7 Å². The molecule has 1 aliphatic heterocycles. The number of nitrogens with zero attached hydrogens (tertiary/aromatic N) is 1. The standard InChI is InChI=1S/C18H17NO/c1-13-11-17(19-18(13)20)12-14-7-9-16(10-8-14)15-5-3-2-4-6-15/h2-10,13H,11-12H2,1H3/t13-/m1/s1. The maximum Gasteiger partial charge on any atom is 0.248 e. The van der Waals surface area contributed by atoms with Crippen molar-refractivity contribution in [3.05, 3.63) is 60.2 Å². The van der Waals surface area contributed by atoms with Gasteiger partial charge < -0.3 is 0 Å². The molecule has 20 heavy (non-hydrogen) atoms. The fraction of sp³-hybridized carbons (Fsp3) is 0.222. The molecule has 0 aliphatic carbocycles. The van der Waals surface area contributed by atoms with Crippen molar-refractivity contribution < 1.29 is 4.79 Å². The van der Waals surface area contributed by atoms with E-state index in [4.69, 9.17) is 0 Å². The molecule has 0 fully saturated rings. The molecule has 100 valence electrons. The largest absolute Gasteiger partial charge is 0.272 e. The van der Waals surface area contributed by atoms with Gasteiger partial charge in [-0.25, -0.2) is 4.99 Å². The Bertz CT molecular complexity index is 641. The Balaban J connectivity index is 1.74. The lowest BCUT2D eigenvalue weighted by Gasteiger charge is -2.05. The summed E-state index contributed by atoms with van der Waals surface area (Å²) in [6.07, 6.45) is 1.59. The maximum absolute atomic E-state index is 11.4. The number of hydrogen-bond acceptors (Lipinski definition) is 1. The fourth-order valence-corrected chi connectivity index (χ4v) is 2.55. The molecule has 2 aromatic rings. The Morgan fingerprint density at radius 3 is 2.25 bits per heavy atom. The minimum absolute atomic E-state index is 0.0286. The van der Waals surface area contributed by atoms with Crippen LogP contribution < -0.4 is 0 Å². The van der Waals surface area contributed by atoms with Gasteiger partial charge in [0.05, 0.1) is 0 Å². The van der Waals surface area contributed by atoms with Crippen LogP contribution in [-0.2, 0) is 11.2 Å². The highest BCUT2D eigenvalue weighted by Crippen LogP contribution is 2.21. The average molecular weight is 263 g/mol. The van der Waals surface area contributed by atoms with Crippen molar-refractivity contribution in [2.24, 2.45) is 10.9 Å². The van der Waals surface area contributed by atoms with Gasteiger partial charge in [-0.15, -0.1) is 0 Å². The quantitative estimate of drug-likeness (QED) is 0.825. The van der Waals surface area contributed by atoms with Crippen LogP contribution in [0, 0.1) is 5.92 Å². The lowest BCUT2D eigenvalue weighted by atomic mass is 9.99. The second kappa shape index (κ2) is 5.41. The zero-order valence-electron chi connectivity index (χ0n) is 11.5. The lowest BCUT2D eigenvalue weighted by Crippen LogP contribution is -2.03. The van der Waals surface area contributed by atoms with Crippen molar-refractivity contribution in [2.45, 2.75) is 19.8 Å². The Labute approximate surface area is 119 Å². The molecule has 0 N–H and O–H groups in total. The van der Waals surface area contributed by atoms with Crippen molar-refractivity contribution in [3.8, 4) is 11.1 Å². The smallest absolute Gasteiger partial charge is 0.248 e. The van der Waals surface area contributed by atoms with E-state index in [9.17, 15) is 4.79 Å². The molecule has 0 unspecified atom stereocenters. The molecule has 1 heterocycles. The molecule has 0 radical (unpaired) electrons. The van der Waals surface area contributed by atoms with Gasteiger partial charge in [0.1, 0.15) is 0 Å². The van der Waals surface area contributed by atoms with Crippen LogP contribution in [0.15, 0.2) is 59.6 Å². The number of amides is 1. The van der Waals surface area contributed by atoms with Crippen molar-refractivity contribution in [1.29, 1.82) is 0 Å². The molecular weight excluding hydrogens is 246 g/mol. The zero-order valence-corrected chi connectivity index (χ0v) is 11.5. The first kappa shape index (κ1) is 12.8. The van der Waals surface area contributed by atoms with E-state index >= 15 is 0 Å². The monoisotopic (exact) mass is 263 g/mol. The number of carbonyl (C=O) groups is 1. The van der Waals surface area contributed by atoms with Crippen molar-refractivity contribution in [1.82, 2.24) is 0 Å². The van der Waals surface area contributed by atoms with E-state index in [-0.39, 0.29) is 11.8 Å². The van der Waals surface area contributed by atoms with E-state index in [0.717, 1.165) is 18.6 Å². The molecule has 3 rings (SSSR count). The van der Waals surface area contributed by atoms with Crippen LogP contribution in [-0.4, -0.2) is 11.6 Å². The van der Waals surface area contributed by atoms with Gasteiger partial charge in [-0.3, -0.25) is 4.79 Å². The molecular formula is C18H17NO. The Hall–Kier alpha value is -2.22. The summed E-state index contributed by atoms with van der Waals surface area (Å²) in [5.41, 5.74) is 4.66. The molecule has 2 heteroatoms. The third-order valence-corrected chi connectivity index (χ3v) is 3.70. The molecule has 0 spiro atoms.